The molecule has 1 amide bonds. The summed E-state index contributed by atoms with van der Waals surface area (Å²) in [5, 5.41) is 19.8. The number of likely N-dealkylation sites (tertiary alicyclic amines) is 1. The number of nitro benzene ring substituents is 1. The maximum atomic E-state index is 12.8. The van der Waals surface area contributed by atoms with Crippen LogP contribution in [0, 0.1) is 10.1 Å². The molecular formula is C20H19F3N8O3S. The lowest BCUT2D eigenvalue weighted by Gasteiger charge is -2.33. The number of nitro groups is 1. The van der Waals surface area contributed by atoms with E-state index in [2.05, 4.69) is 25.6 Å². The van der Waals surface area contributed by atoms with Crippen molar-refractivity contribution >= 4 is 23.4 Å². The number of hydrogen-bond donors (Lipinski definition) is 1. The van der Waals surface area contributed by atoms with E-state index in [1.54, 1.807) is 4.90 Å². The highest BCUT2D eigenvalue weighted by molar-refractivity contribution is 7.98. The molecule has 1 unspecified atom stereocenters. The number of thioether (sulfide) groups is 1. The minimum Gasteiger partial charge on any atom is -0.337 e. The summed E-state index contributed by atoms with van der Waals surface area (Å²) >= 11 is 1.27. The van der Waals surface area contributed by atoms with Crippen LogP contribution in [0.15, 0.2) is 47.9 Å². The molecule has 1 aliphatic heterocycles. The minimum absolute atomic E-state index is 0.0796. The lowest BCUT2D eigenvalue weighted by Crippen LogP contribution is -2.47. The van der Waals surface area contributed by atoms with Crippen molar-refractivity contribution < 1.29 is 22.9 Å². The summed E-state index contributed by atoms with van der Waals surface area (Å²) in [7, 11) is 0. The van der Waals surface area contributed by atoms with Crippen LogP contribution in [0.3, 0.4) is 0 Å². The third-order valence-electron chi connectivity index (χ3n) is 5.15. The lowest BCUT2D eigenvalue weighted by molar-refractivity contribution is -0.384. The van der Waals surface area contributed by atoms with E-state index in [1.807, 2.05) is 0 Å². The zero-order valence-corrected chi connectivity index (χ0v) is 18.9. The van der Waals surface area contributed by atoms with E-state index < -0.39 is 16.9 Å². The van der Waals surface area contributed by atoms with Crippen molar-refractivity contribution in [1.82, 2.24) is 30.0 Å². The van der Waals surface area contributed by atoms with Crippen LogP contribution in [-0.4, -0.2) is 59.9 Å². The number of nitrogens with zero attached hydrogens (tertiary/aromatic N) is 7. The summed E-state index contributed by atoms with van der Waals surface area (Å²) in [5.74, 6) is -1.08. The molecule has 3 heterocycles. The SMILES string of the molecule is O=C(c1ccc([N+](=O)[O-])cc1)N1CCCC(Nn2ncc(SCc3cnc(C(F)(F)F)nc3)n2)C1. The van der Waals surface area contributed by atoms with Crippen molar-refractivity contribution in [3.05, 3.63) is 69.9 Å². The van der Waals surface area contributed by atoms with Gasteiger partial charge in [-0.3, -0.25) is 20.3 Å². The molecular weight excluding hydrogens is 489 g/mol. The summed E-state index contributed by atoms with van der Waals surface area (Å²) in [6.45, 7) is 0.972. The molecule has 2 aromatic heterocycles. The summed E-state index contributed by atoms with van der Waals surface area (Å²) in [6.07, 6.45) is 0.741. The average molecular weight is 508 g/mol. The quantitative estimate of drug-likeness (QED) is 0.290. The first kappa shape index (κ1) is 24.4. The minimum atomic E-state index is -4.58. The smallest absolute Gasteiger partial charge is 0.337 e. The Bertz CT molecular complexity index is 1190. The molecule has 1 atom stereocenters. The zero-order chi connectivity index (χ0) is 25.0. The number of non-ortho nitro benzene ring substituents is 1. The van der Waals surface area contributed by atoms with Crippen molar-refractivity contribution in [2.24, 2.45) is 0 Å². The molecule has 0 spiro atoms. The van der Waals surface area contributed by atoms with Crippen LogP contribution >= 0.6 is 11.8 Å². The van der Waals surface area contributed by atoms with Crippen molar-refractivity contribution in [2.75, 3.05) is 18.5 Å². The Morgan fingerprint density at radius 3 is 2.57 bits per heavy atom. The monoisotopic (exact) mass is 508 g/mol. The van der Waals surface area contributed by atoms with Gasteiger partial charge in [0.05, 0.1) is 17.2 Å². The van der Waals surface area contributed by atoms with Crippen molar-refractivity contribution in [1.29, 1.82) is 0 Å². The molecule has 1 aromatic carbocycles. The van der Waals surface area contributed by atoms with Gasteiger partial charge < -0.3 is 4.90 Å². The molecule has 0 bridgehead atoms. The van der Waals surface area contributed by atoms with Gasteiger partial charge in [-0.05, 0) is 30.5 Å². The number of alkyl halides is 3. The third-order valence-corrected chi connectivity index (χ3v) is 6.11. The van der Waals surface area contributed by atoms with E-state index >= 15 is 0 Å². The van der Waals surface area contributed by atoms with Gasteiger partial charge in [0, 0.05) is 48.9 Å². The molecule has 184 valence electrons. The van der Waals surface area contributed by atoms with Gasteiger partial charge in [-0.1, -0.05) is 16.7 Å². The van der Waals surface area contributed by atoms with Crippen molar-refractivity contribution in [3.8, 4) is 0 Å². The topological polar surface area (TPSA) is 132 Å². The fraction of sp³-hybridized carbons (Fsp3) is 0.350. The van der Waals surface area contributed by atoms with Crippen LogP contribution < -0.4 is 5.43 Å². The first-order chi connectivity index (χ1) is 16.7. The van der Waals surface area contributed by atoms with Gasteiger partial charge in [-0.25, -0.2) is 9.97 Å². The predicted octanol–water partition coefficient (Wildman–Crippen LogP) is 3.14. The van der Waals surface area contributed by atoms with Gasteiger partial charge in [0.1, 0.15) is 5.03 Å². The molecule has 1 aliphatic rings. The van der Waals surface area contributed by atoms with Gasteiger partial charge in [0.2, 0.25) is 5.82 Å². The fourth-order valence-electron chi connectivity index (χ4n) is 3.45. The highest BCUT2D eigenvalue weighted by Gasteiger charge is 2.34. The summed E-state index contributed by atoms with van der Waals surface area (Å²) in [4.78, 5) is 32.7. The molecule has 1 N–H and O–H groups in total. The third kappa shape index (κ3) is 6.23. The molecule has 0 aliphatic carbocycles. The Labute approximate surface area is 200 Å². The van der Waals surface area contributed by atoms with E-state index in [-0.39, 0.29) is 17.6 Å². The van der Waals surface area contributed by atoms with Gasteiger partial charge in [-0.15, -0.1) is 10.2 Å². The number of hydrogen-bond acceptors (Lipinski definition) is 9. The van der Waals surface area contributed by atoms with Gasteiger partial charge in [0.25, 0.3) is 11.6 Å². The fourth-order valence-corrected chi connectivity index (χ4v) is 4.17. The highest BCUT2D eigenvalue weighted by atomic mass is 32.2. The number of aromatic nitrogens is 5. The molecule has 1 fully saturated rings. The van der Waals surface area contributed by atoms with Crippen LogP contribution in [0.5, 0.6) is 0 Å². The number of nitrogens with one attached hydrogen (secondary N) is 1. The van der Waals surface area contributed by atoms with E-state index in [1.165, 1.54) is 47.1 Å². The van der Waals surface area contributed by atoms with E-state index in [9.17, 15) is 28.1 Å². The predicted molar refractivity (Wildman–Crippen MR) is 118 cm³/mol. The zero-order valence-electron chi connectivity index (χ0n) is 18.1. The van der Waals surface area contributed by atoms with Crippen LogP contribution in [0.4, 0.5) is 18.9 Å². The maximum absolute atomic E-state index is 12.8. The average Bonchev–Trinajstić information content (AvgIpc) is 3.29. The lowest BCUT2D eigenvalue weighted by atomic mass is 10.0. The number of halogens is 3. The second-order valence-corrected chi connectivity index (χ2v) is 8.69. The van der Waals surface area contributed by atoms with Crippen molar-refractivity contribution in [2.45, 2.75) is 35.8 Å². The Morgan fingerprint density at radius 1 is 1.20 bits per heavy atom. The first-order valence-corrected chi connectivity index (χ1v) is 11.4. The Kier molecular flexibility index (Phi) is 7.14. The number of piperidine rings is 1. The molecule has 0 saturated carbocycles. The van der Waals surface area contributed by atoms with E-state index in [0.29, 0.717) is 35.0 Å². The summed E-state index contributed by atoms with van der Waals surface area (Å²) in [5.41, 5.74) is 3.94. The molecule has 11 nitrogen and oxygen atoms in total. The Morgan fingerprint density at radius 2 is 1.91 bits per heavy atom. The largest absolute Gasteiger partial charge is 0.451 e. The number of amides is 1. The number of carbonyl (C=O) groups excluding carboxylic acids is 1. The van der Waals surface area contributed by atoms with E-state index in [4.69, 9.17) is 0 Å². The van der Waals surface area contributed by atoms with E-state index in [0.717, 1.165) is 25.2 Å². The Balaban J connectivity index is 1.30. The number of rotatable bonds is 7. The second-order valence-electron chi connectivity index (χ2n) is 7.70. The van der Waals surface area contributed by atoms with Gasteiger partial charge >= 0.3 is 6.18 Å². The molecule has 0 radical (unpaired) electrons. The van der Waals surface area contributed by atoms with Crippen LogP contribution in [0.1, 0.15) is 34.6 Å². The molecule has 4 rings (SSSR count). The molecule has 3 aromatic rings. The van der Waals surface area contributed by atoms with Crippen LogP contribution in [0.25, 0.3) is 0 Å². The number of carbonyl (C=O) groups is 1. The van der Waals surface area contributed by atoms with Gasteiger partial charge in [-0.2, -0.15) is 13.2 Å². The van der Waals surface area contributed by atoms with Crippen molar-refractivity contribution in [3.63, 3.8) is 0 Å². The molecule has 1 saturated heterocycles. The standard InChI is InChI=1S/C20H19F3N8O3S/c21-20(22,23)19-24-8-13(9-25-19)12-35-17-10-26-31(28-17)27-15-2-1-7-29(11-15)18(32)14-3-5-16(6-4-14)30(33)34/h3-6,8-10,15,27H,1-2,7,11-12H2. The maximum Gasteiger partial charge on any atom is 0.451 e. The molecule has 15 heteroatoms. The normalized spacial score (nSPS) is 16.2. The first-order valence-electron chi connectivity index (χ1n) is 10.4. The Hall–Kier alpha value is -3.75. The van der Waals surface area contributed by atoms with Crippen LogP contribution in [-0.2, 0) is 11.9 Å². The summed E-state index contributed by atoms with van der Waals surface area (Å²) in [6, 6.07) is 5.38. The molecule has 35 heavy (non-hydrogen) atoms. The van der Waals surface area contributed by atoms with Gasteiger partial charge in [0.15, 0.2) is 0 Å². The van der Waals surface area contributed by atoms with Crippen LogP contribution in [0.2, 0.25) is 0 Å². The highest BCUT2D eigenvalue weighted by Crippen LogP contribution is 2.26. The number of benzene rings is 1. The summed E-state index contributed by atoms with van der Waals surface area (Å²) < 4.78 is 37.7. The second kappa shape index (κ2) is 10.2.